The summed E-state index contributed by atoms with van der Waals surface area (Å²) in [5.41, 5.74) is 1.27. The van der Waals surface area contributed by atoms with Gasteiger partial charge in [0.25, 0.3) is 0 Å². The Morgan fingerprint density at radius 3 is 2.47 bits per heavy atom. The van der Waals surface area contributed by atoms with E-state index in [9.17, 15) is 5.11 Å². The van der Waals surface area contributed by atoms with Crippen LogP contribution >= 0.6 is 0 Å². The molecule has 0 saturated heterocycles. The van der Waals surface area contributed by atoms with Gasteiger partial charge < -0.3 is 14.6 Å². The minimum absolute atomic E-state index is 0.130. The van der Waals surface area contributed by atoms with Gasteiger partial charge in [-0.15, -0.1) is 0 Å². The third kappa shape index (κ3) is 7.09. The number of aliphatic hydroxyl groups excluding tert-OH is 1. The Kier molecular flexibility index (Phi) is 10.2. The van der Waals surface area contributed by atoms with Gasteiger partial charge in [0.15, 0.2) is 0 Å². The maximum absolute atomic E-state index is 9.73. The number of hydrogen-bond acceptors (Lipinski definition) is 3. The summed E-state index contributed by atoms with van der Waals surface area (Å²) in [7, 11) is 1.75. The number of methoxy groups -OCH3 is 1. The minimum Gasteiger partial charge on any atom is -0.393 e. The summed E-state index contributed by atoms with van der Waals surface area (Å²) in [5.74, 6) is 0.300. The molecule has 1 aliphatic carbocycles. The second kappa shape index (κ2) is 10.4. The number of aliphatic hydroxyl groups is 1. The van der Waals surface area contributed by atoms with Crippen molar-refractivity contribution in [2.75, 3.05) is 13.7 Å². The van der Waals surface area contributed by atoms with Gasteiger partial charge in [-0.25, -0.2) is 0 Å². The highest BCUT2D eigenvalue weighted by atomic mass is 16.5. The minimum atomic E-state index is -0.194. The molecule has 19 heavy (non-hydrogen) atoms. The molecule has 0 radical (unpaired) electrons. The van der Waals surface area contributed by atoms with Crippen LogP contribution in [0.5, 0.6) is 0 Å². The first-order valence-corrected chi connectivity index (χ1v) is 7.50. The third-order valence-corrected chi connectivity index (χ3v) is 3.56. The number of hydrogen-bond donors (Lipinski definition) is 1. The van der Waals surface area contributed by atoms with Gasteiger partial charge in [-0.1, -0.05) is 25.5 Å². The van der Waals surface area contributed by atoms with Gasteiger partial charge in [0.2, 0.25) is 0 Å². The Labute approximate surface area is 119 Å². The van der Waals surface area contributed by atoms with Crippen LogP contribution in [-0.2, 0) is 9.47 Å². The normalized spacial score (nSPS) is 28.1. The molecule has 1 fully saturated rings. The van der Waals surface area contributed by atoms with Gasteiger partial charge in [-0.05, 0) is 40.0 Å². The second-order valence-electron chi connectivity index (χ2n) is 5.22. The Morgan fingerprint density at radius 1 is 1.32 bits per heavy atom. The molecule has 3 nitrogen and oxygen atoms in total. The number of rotatable bonds is 5. The van der Waals surface area contributed by atoms with Crippen LogP contribution in [0.1, 0.15) is 53.9 Å². The summed E-state index contributed by atoms with van der Waals surface area (Å²) in [6.45, 7) is 10.9. The summed E-state index contributed by atoms with van der Waals surface area (Å²) in [4.78, 5) is 0. The monoisotopic (exact) mass is 272 g/mol. The highest BCUT2D eigenvalue weighted by Gasteiger charge is 2.33. The molecule has 114 valence electrons. The molecular formula is C16H32O3. The van der Waals surface area contributed by atoms with Crippen molar-refractivity contribution in [2.24, 2.45) is 5.92 Å². The van der Waals surface area contributed by atoms with Crippen molar-refractivity contribution < 1.29 is 14.6 Å². The summed E-state index contributed by atoms with van der Waals surface area (Å²) >= 11 is 0. The zero-order valence-electron chi connectivity index (χ0n) is 13.5. The molecule has 1 aliphatic rings. The fraction of sp³-hybridized carbons (Fsp3) is 0.875. The lowest BCUT2D eigenvalue weighted by Crippen LogP contribution is -2.40. The molecule has 0 spiro atoms. The van der Waals surface area contributed by atoms with E-state index in [1.807, 2.05) is 13.8 Å². The molecule has 1 N–H and O–H groups in total. The molecule has 4 atom stereocenters. The van der Waals surface area contributed by atoms with Crippen LogP contribution in [0.25, 0.3) is 0 Å². The predicted molar refractivity (Wildman–Crippen MR) is 80.3 cm³/mol. The van der Waals surface area contributed by atoms with Crippen LogP contribution in [0, 0.1) is 5.92 Å². The molecule has 0 aliphatic heterocycles. The Hall–Kier alpha value is -0.380. The van der Waals surface area contributed by atoms with Crippen LogP contribution in [0.15, 0.2) is 11.6 Å². The lowest BCUT2D eigenvalue weighted by Gasteiger charge is -2.36. The van der Waals surface area contributed by atoms with Gasteiger partial charge in [0.05, 0.1) is 24.9 Å². The van der Waals surface area contributed by atoms with E-state index in [1.54, 1.807) is 7.11 Å². The standard InChI is InChI=1S/C14H26O3.C2H6/c1-10(2)7-8-17-11(3)13-9-12(15)5-6-14(13)16-4;1-2/h7,11-15H,5-6,8-9H2,1-4H3;1-2H3. The van der Waals surface area contributed by atoms with E-state index in [1.165, 1.54) is 5.57 Å². The van der Waals surface area contributed by atoms with Crippen molar-refractivity contribution in [3.63, 3.8) is 0 Å². The summed E-state index contributed by atoms with van der Waals surface area (Å²) in [6.07, 6.45) is 4.80. The molecule has 0 heterocycles. The summed E-state index contributed by atoms with van der Waals surface area (Å²) < 4.78 is 11.3. The largest absolute Gasteiger partial charge is 0.393 e. The quantitative estimate of drug-likeness (QED) is 0.778. The van der Waals surface area contributed by atoms with Crippen molar-refractivity contribution in [3.05, 3.63) is 11.6 Å². The second-order valence-corrected chi connectivity index (χ2v) is 5.22. The topological polar surface area (TPSA) is 38.7 Å². The molecule has 0 amide bonds. The molecule has 0 bridgehead atoms. The predicted octanol–water partition coefficient (Wildman–Crippen LogP) is 3.56. The van der Waals surface area contributed by atoms with E-state index in [-0.39, 0.29) is 18.3 Å². The lowest BCUT2D eigenvalue weighted by atomic mass is 9.81. The van der Waals surface area contributed by atoms with Gasteiger partial charge in [0, 0.05) is 13.0 Å². The zero-order valence-corrected chi connectivity index (χ0v) is 13.5. The van der Waals surface area contributed by atoms with Crippen LogP contribution in [0.3, 0.4) is 0 Å². The smallest absolute Gasteiger partial charge is 0.0653 e. The fourth-order valence-corrected chi connectivity index (χ4v) is 2.43. The van der Waals surface area contributed by atoms with Crippen molar-refractivity contribution in [1.82, 2.24) is 0 Å². The first-order valence-electron chi connectivity index (χ1n) is 7.50. The maximum atomic E-state index is 9.73. The van der Waals surface area contributed by atoms with E-state index >= 15 is 0 Å². The van der Waals surface area contributed by atoms with Crippen LogP contribution in [-0.4, -0.2) is 37.1 Å². The maximum Gasteiger partial charge on any atom is 0.0653 e. The van der Waals surface area contributed by atoms with Gasteiger partial charge in [0.1, 0.15) is 0 Å². The Morgan fingerprint density at radius 2 is 1.95 bits per heavy atom. The van der Waals surface area contributed by atoms with E-state index in [0.717, 1.165) is 19.3 Å². The van der Waals surface area contributed by atoms with Gasteiger partial charge in [-0.3, -0.25) is 0 Å². The van der Waals surface area contributed by atoms with Crippen molar-refractivity contribution >= 4 is 0 Å². The fourth-order valence-electron chi connectivity index (χ4n) is 2.43. The molecule has 0 aromatic carbocycles. The van der Waals surface area contributed by atoms with Gasteiger partial charge in [-0.2, -0.15) is 0 Å². The summed E-state index contributed by atoms with van der Waals surface area (Å²) in [6, 6.07) is 0. The molecular weight excluding hydrogens is 240 g/mol. The highest BCUT2D eigenvalue weighted by Crippen LogP contribution is 2.30. The highest BCUT2D eigenvalue weighted by molar-refractivity contribution is 4.93. The SMILES string of the molecule is CC.COC1CCC(O)CC1C(C)OCC=C(C)C. The van der Waals surface area contributed by atoms with Gasteiger partial charge >= 0.3 is 0 Å². The molecule has 4 unspecified atom stereocenters. The molecule has 3 heteroatoms. The third-order valence-electron chi connectivity index (χ3n) is 3.56. The lowest BCUT2D eigenvalue weighted by molar-refractivity contribution is -0.0796. The van der Waals surface area contributed by atoms with Crippen LogP contribution in [0.2, 0.25) is 0 Å². The van der Waals surface area contributed by atoms with E-state index < -0.39 is 0 Å². The van der Waals surface area contributed by atoms with Crippen molar-refractivity contribution in [1.29, 1.82) is 0 Å². The van der Waals surface area contributed by atoms with E-state index in [0.29, 0.717) is 12.5 Å². The Balaban J connectivity index is 0.00000154. The summed E-state index contributed by atoms with van der Waals surface area (Å²) in [5, 5.41) is 9.73. The number of allylic oxidation sites excluding steroid dienone is 1. The molecule has 1 rings (SSSR count). The Bertz CT molecular complexity index is 246. The molecule has 0 aromatic rings. The average molecular weight is 272 g/mol. The zero-order chi connectivity index (χ0) is 14.8. The molecule has 0 aromatic heterocycles. The van der Waals surface area contributed by atoms with Crippen LogP contribution < -0.4 is 0 Å². The van der Waals surface area contributed by atoms with E-state index in [2.05, 4.69) is 26.8 Å². The van der Waals surface area contributed by atoms with Crippen molar-refractivity contribution in [3.8, 4) is 0 Å². The average Bonchev–Trinajstić information content (AvgIpc) is 2.40. The van der Waals surface area contributed by atoms with E-state index in [4.69, 9.17) is 9.47 Å². The molecule has 1 saturated carbocycles. The van der Waals surface area contributed by atoms with Crippen LogP contribution in [0.4, 0.5) is 0 Å². The number of ether oxygens (including phenoxy) is 2. The van der Waals surface area contributed by atoms with Crippen molar-refractivity contribution in [2.45, 2.75) is 72.2 Å². The first kappa shape index (κ1) is 18.6. The first-order chi connectivity index (χ1) is 9.04.